The first kappa shape index (κ1) is 16.5. The van der Waals surface area contributed by atoms with Gasteiger partial charge in [0.1, 0.15) is 0 Å². The van der Waals surface area contributed by atoms with Gasteiger partial charge in [-0.25, -0.2) is 4.39 Å². The van der Waals surface area contributed by atoms with Crippen LogP contribution in [0.25, 0.3) is 0 Å². The number of benzene rings is 1. The van der Waals surface area contributed by atoms with Gasteiger partial charge in [0, 0.05) is 7.05 Å². The molecule has 0 aliphatic heterocycles. The van der Waals surface area contributed by atoms with Crippen molar-refractivity contribution >= 4 is 11.6 Å². The lowest BCUT2D eigenvalue weighted by atomic mass is 10.2. The lowest BCUT2D eigenvalue weighted by Gasteiger charge is -2.12. The minimum absolute atomic E-state index is 0.00222. The molecule has 25 heavy (non-hydrogen) atoms. The van der Waals surface area contributed by atoms with Crippen molar-refractivity contribution in [3.63, 3.8) is 0 Å². The lowest BCUT2D eigenvalue weighted by Crippen LogP contribution is -2.15. The van der Waals surface area contributed by atoms with Gasteiger partial charge in [0.15, 0.2) is 17.3 Å². The average Bonchev–Trinajstić information content (AvgIpc) is 3.00. The van der Waals surface area contributed by atoms with Crippen LogP contribution < -0.4 is 10.1 Å². The number of para-hydroxylation sites is 1. The Bertz CT molecular complexity index is 917. The van der Waals surface area contributed by atoms with Crippen molar-refractivity contribution in [3.05, 3.63) is 53.4 Å². The van der Waals surface area contributed by atoms with Crippen molar-refractivity contribution < 1.29 is 13.9 Å². The van der Waals surface area contributed by atoms with E-state index in [9.17, 15) is 9.18 Å². The molecule has 0 radical (unpaired) electrons. The van der Waals surface area contributed by atoms with Crippen LogP contribution in [0.5, 0.6) is 11.8 Å². The number of hydrogen-bond donors (Lipinski definition) is 1. The van der Waals surface area contributed by atoms with E-state index in [0.29, 0.717) is 17.1 Å². The van der Waals surface area contributed by atoms with E-state index < -0.39 is 11.7 Å². The van der Waals surface area contributed by atoms with Crippen LogP contribution >= 0.6 is 0 Å². The quantitative estimate of drug-likeness (QED) is 0.782. The van der Waals surface area contributed by atoms with Gasteiger partial charge in [0.25, 0.3) is 5.91 Å². The Hall–Kier alpha value is -3.36. The van der Waals surface area contributed by atoms with Crippen LogP contribution in [0, 0.1) is 19.7 Å². The fourth-order valence-corrected chi connectivity index (χ4v) is 2.17. The van der Waals surface area contributed by atoms with Crippen molar-refractivity contribution in [2.75, 3.05) is 5.32 Å². The molecular formula is C16H15FN6O2. The van der Waals surface area contributed by atoms with Gasteiger partial charge in [-0.05, 0) is 26.0 Å². The molecule has 1 N–H and O–H groups in total. The zero-order valence-electron chi connectivity index (χ0n) is 13.8. The number of nitrogens with zero attached hydrogens (tertiary/aromatic N) is 5. The smallest absolute Gasteiger partial charge is 0.322 e. The van der Waals surface area contributed by atoms with Crippen molar-refractivity contribution in [1.29, 1.82) is 0 Å². The number of halogens is 1. The molecule has 0 bridgehead atoms. The van der Waals surface area contributed by atoms with E-state index in [0.717, 1.165) is 0 Å². The molecule has 0 aliphatic carbocycles. The zero-order chi connectivity index (χ0) is 18.0. The number of carbonyl (C=O) groups excluding carboxylic acids is 1. The summed E-state index contributed by atoms with van der Waals surface area (Å²) < 4.78 is 20.5. The number of anilines is 1. The van der Waals surface area contributed by atoms with Crippen molar-refractivity contribution in [1.82, 2.24) is 25.0 Å². The highest BCUT2D eigenvalue weighted by atomic mass is 19.1. The van der Waals surface area contributed by atoms with Gasteiger partial charge in [-0.15, -0.1) is 5.10 Å². The van der Waals surface area contributed by atoms with Gasteiger partial charge in [0.05, 0.1) is 23.3 Å². The highest BCUT2D eigenvalue weighted by Crippen LogP contribution is 2.25. The molecule has 3 aromatic rings. The highest BCUT2D eigenvalue weighted by Gasteiger charge is 2.16. The third-order valence-corrected chi connectivity index (χ3v) is 3.36. The molecule has 0 unspecified atom stereocenters. The Balaban J connectivity index is 1.83. The summed E-state index contributed by atoms with van der Waals surface area (Å²) in [5.41, 5.74) is 1.58. The normalized spacial score (nSPS) is 10.6. The molecule has 128 valence electrons. The molecule has 8 nitrogen and oxygen atoms in total. The Kier molecular flexibility index (Phi) is 4.38. The van der Waals surface area contributed by atoms with Gasteiger partial charge >= 0.3 is 6.01 Å². The van der Waals surface area contributed by atoms with Crippen LogP contribution in [0.4, 0.5) is 10.1 Å². The third kappa shape index (κ3) is 3.60. The number of nitrogens with one attached hydrogen (secondary N) is 1. The molecule has 2 heterocycles. The maximum Gasteiger partial charge on any atom is 0.322 e. The summed E-state index contributed by atoms with van der Waals surface area (Å²) >= 11 is 0. The van der Waals surface area contributed by atoms with Crippen molar-refractivity contribution in [2.24, 2.45) is 7.05 Å². The number of aromatic nitrogens is 5. The molecule has 9 heteroatoms. The molecule has 2 aromatic heterocycles. The van der Waals surface area contributed by atoms with E-state index in [2.05, 4.69) is 25.6 Å². The molecular weight excluding hydrogens is 327 g/mol. The molecule has 0 atom stereocenters. The molecule has 0 saturated carbocycles. The molecule has 1 amide bonds. The van der Waals surface area contributed by atoms with E-state index in [-0.39, 0.29) is 17.5 Å². The molecule has 3 rings (SSSR count). The average molecular weight is 342 g/mol. The fourth-order valence-electron chi connectivity index (χ4n) is 2.17. The molecule has 0 aliphatic rings. The minimum Gasteiger partial charge on any atom is -0.421 e. The van der Waals surface area contributed by atoms with Crippen LogP contribution in [0.2, 0.25) is 0 Å². The first-order valence-electron chi connectivity index (χ1n) is 7.39. The van der Waals surface area contributed by atoms with Gasteiger partial charge in [-0.1, -0.05) is 17.3 Å². The monoisotopic (exact) mass is 342 g/mol. The second kappa shape index (κ2) is 6.63. The predicted molar refractivity (Wildman–Crippen MR) is 86.9 cm³/mol. The Morgan fingerprint density at radius 3 is 2.48 bits per heavy atom. The van der Waals surface area contributed by atoms with Crippen LogP contribution in [0.3, 0.4) is 0 Å². The van der Waals surface area contributed by atoms with Gasteiger partial charge in [-0.3, -0.25) is 9.48 Å². The van der Waals surface area contributed by atoms with Crippen LogP contribution in [-0.2, 0) is 7.05 Å². The predicted octanol–water partition coefficient (Wildman–Crippen LogP) is 2.41. The summed E-state index contributed by atoms with van der Waals surface area (Å²) in [6.07, 6.45) is 1.50. The second-order valence-corrected chi connectivity index (χ2v) is 5.32. The van der Waals surface area contributed by atoms with Gasteiger partial charge < -0.3 is 10.1 Å². The van der Waals surface area contributed by atoms with E-state index in [1.54, 1.807) is 33.0 Å². The Morgan fingerprint density at radius 1 is 1.20 bits per heavy atom. The summed E-state index contributed by atoms with van der Waals surface area (Å²) in [4.78, 5) is 20.5. The highest BCUT2D eigenvalue weighted by molar-refractivity contribution is 6.03. The fraction of sp³-hybridized carbons (Fsp3) is 0.188. The minimum atomic E-state index is -0.513. The third-order valence-electron chi connectivity index (χ3n) is 3.36. The maximum atomic E-state index is 13.7. The number of aryl methyl sites for hydroxylation is 3. The first-order chi connectivity index (χ1) is 11.9. The molecule has 0 saturated heterocycles. The summed E-state index contributed by atoms with van der Waals surface area (Å²) in [6.45, 7) is 3.38. The standard InChI is InChI=1S/C16H15FN6O2/c1-9-14(20-15(24)12-8-23(3)22-21-12)10(2)19-16(18-9)25-13-7-5-4-6-11(13)17/h4-8H,1-3H3,(H,20,24). The van der Waals surface area contributed by atoms with E-state index in [1.165, 1.54) is 23.0 Å². The largest absolute Gasteiger partial charge is 0.421 e. The van der Waals surface area contributed by atoms with E-state index >= 15 is 0 Å². The summed E-state index contributed by atoms with van der Waals surface area (Å²) in [5, 5.41) is 10.2. The van der Waals surface area contributed by atoms with Crippen molar-refractivity contribution in [2.45, 2.75) is 13.8 Å². The number of ether oxygens (including phenoxy) is 1. The lowest BCUT2D eigenvalue weighted by molar-refractivity contribution is 0.102. The van der Waals surface area contributed by atoms with E-state index in [1.807, 2.05) is 0 Å². The maximum absolute atomic E-state index is 13.7. The summed E-state index contributed by atoms with van der Waals surface area (Å²) in [7, 11) is 1.66. The van der Waals surface area contributed by atoms with Crippen molar-refractivity contribution in [3.8, 4) is 11.8 Å². The Labute approximate surface area is 142 Å². The SMILES string of the molecule is Cc1nc(Oc2ccccc2F)nc(C)c1NC(=O)c1cn(C)nn1. The van der Waals surface area contributed by atoms with E-state index in [4.69, 9.17) is 4.74 Å². The Morgan fingerprint density at radius 2 is 1.88 bits per heavy atom. The van der Waals surface area contributed by atoms with Gasteiger partial charge in [0.2, 0.25) is 0 Å². The number of carbonyl (C=O) groups is 1. The number of amides is 1. The first-order valence-corrected chi connectivity index (χ1v) is 7.39. The zero-order valence-corrected chi connectivity index (χ0v) is 13.8. The van der Waals surface area contributed by atoms with Crippen LogP contribution in [-0.4, -0.2) is 30.9 Å². The summed E-state index contributed by atoms with van der Waals surface area (Å²) in [6, 6.07) is 5.97. The number of hydrogen-bond acceptors (Lipinski definition) is 6. The van der Waals surface area contributed by atoms with Crippen LogP contribution in [0.1, 0.15) is 21.9 Å². The molecule has 0 spiro atoms. The molecule has 0 fully saturated rings. The number of rotatable bonds is 4. The topological polar surface area (TPSA) is 94.8 Å². The summed E-state index contributed by atoms with van der Waals surface area (Å²) in [5.74, 6) is -0.912. The molecule has 1 aromatic carbocycles. The van der Waals surface area contributed by atoms with Gasteiger partial charge in [-0.2, -0.15) is 9.97 Å². The van der Waals surface area contributed by atoms with Crippen LogP contribution in [0.15, 0.2) is 30.5 Å². The second-order valence-electron chi connectivity index (χ2n) is 5.32.